The van der Waals surface area contributed by atoms with E-state index in [0.29, 0.717) is 24.7 Å². The van der Waals surface area contributed by atoms with Crippen LogP contribution in [0.15, 0.2) is 0 Å². The third kappa shape index (κ3) is 3.25. The predicted molar refractivity (Wildman–Crippen MR) is 54.7 cm³/mol. The average molecular weight is 186 g/mol. The van der Waals surface area contributed by atoms with Crippen LogP contribution in [0.25, 0.3) is 0 Å². The van der Waals surface area contributed by atoms with Gasteiger partial charge in [0.25, 0.3) is 0 Å². The van der Waals surface area contributed by atoms with Crippen LogP contribution in [0, 0.1) is 0 Å². The lowest BCUT2D eigenvalue weighted by Crippen LogP contribution is -2.48. The summed E-state index contributed by atoms with van der Waals surface area (Å²) in [7, 11) is 0. The Balaban J connectivity index is 2.32. The summed E-state index contributed by atoms with van der Waals surface area (Å²) in [6.07, 6.45) is 3.83. The molecule has 1 aliphatic heterocycles. The minimum atomic E-state index is 0.345. The van der Waals surface area contributed by atoms with Crippen LogP contribution < -0.4 is 11.1 Å². The van der Waals surface area contributed by atoms with E-state index in [1.807, 2.05) is 0 Å². The van der Waals surface area contributed by atoms with Gasteiger partial charge >= 0.3 is 0 Å². The van der Waals surface area contributed by atoms with Gasteiger partial charge in [0.1, 0.15) is 0 Å². The SMILES string of the molecule is CCC(C)NC(CN)C1CCCO1. The summed E-state index contributed by atoms with van der Waals surface area (Å²) in [6, 6.07) is 0.884. The highest BCUT2D eigenvalue weighted by molar-refractivity contribution is 4.82. The van der Waals surface area contributed by atoms with Crippen LogP contribution in [0.5, 0.6) is 0 Å². The molecule has 0 bridgehead atoms. The quantitative estimate of drug-likeness (QED) is 0.670. The molecule has 3 heteroatoms. The van der Waals surface area contributed by atoms with Gasteiger partial charge in [-0.2, -0.15) is 0 Å². The van der Waals surface area contributed by atoms with E-state index >= 15 is 0 Å². The van der Waals surface area contributed by atoms with Gasteiger partial charge in [0.05, 0.1) is 6.10 Å². The first-order valence-corrected chi connectivity index (χ1v) is 5.35. The van der Waals surface area contributed by atoms with Crippen molar-refractivity contribution in [2.45, 2.75) is 51.3 Å². The van der Waals surface area contributed by atoms with Crippen molar-refractivity contribution < 1.29 is 4.74 Å². The molecule has 0 saturated carbocycles. The highest BCUT2D eigenvalue weighted by Crippen LogP contribution is 2.15. The second-order valence-corrected chi connectivity index (χ2v) is 3.87. The maximum Gasteiger partial charge on any atom is 0.0741 e. The summed E-state index contributed by atoms with van der Waals surface area (Å²) >= 11 is 0. The Morgan fingerprint density at radius 2 is 2.38 bits per heavy atom. The second-order valence-electron chi connectivity index (χ2n) is 3.87. The zero-order chi connectivity index (χ0) is 9.68. The molecule has 1 fully saturated rings. The third-order valence-electron chi connectivity index (χ3n) is 2.78. The van der Waals surface area contributed by atoms with E-state index in [0.717, 1.165) is 19.4 Å². The number of nitrogens with two attached hydrogens (primary N) is 1. The van der Waals surface area contributed by atoms with Crippen LogP contribution in [0.4, 0.5) is 0 Å². The van der Waals surface area contributed by atoms with E-state index in [4.69, 9.17) is 10.5 Å². The van der Waals surface area contributed by atoms with Crippen LogP contribution in [0.2, 0.25) is 0 Å². The Hall–Kier alpha value is -0.120. The molecule has 0 aliphatic carbocycles. The Morgan fingerprint density at radius 1 is 1.62 bits per heavy atom. The normalized spacial score (nSPS) is 27.5. The van der Waals surface area contributed by atoms with E-state index in [1.54, 1.807) is 0 Å². The largest absolute Gasteiger partial charge is 0.377 e. The molecule has 0 spiro atoms. The number of ether oxygens (including phenoxy) is 1. The third-order valence-corrected chi connectivity index (χ3v) is 2.78. The lowest BCUT2D eigenvalue weighted by molar-refractivity contribution is 0.0772. The van der Waals surface area contributed by atoms with Crippen molar-refractivity contribution in [2.75, 3.05) is 13.2 Å². The number of nitrogens with one attached hydrogen (secondary N) is 1. The van der Waals surface area contributed by atoms with E-state index in [1.165, 1.54) is 6.42 Å². The molecule has 3 unspecified atom stereocenters. The second kappa shape index (κ2) is 5.58. The van der Waals surface area contributed by atoms with Gasteiger partial charge < -0.3 is 15.8 Å². The number of hydrogen-bond donors (Lipinski definition) is 2. The Kier molecular flexibility index (Phi) is 4.70. The highest BCUT2D eigenvalue weighted by Gasteiger charge is 2.25. The highest BCUT2D eigenvalue weighted by atomic mass is 16.5. The first-order chi connectivity index (χ1) is 6.27. The molecule has 3 atom stereocenters. The molecule has 3 N–H and O–H groups in total. The predicted octanol–water partition coefficient (Wildman–Crippen LogP) is 0.881. The monoisotopic (exact) mass is 186 g/mol. The Morgan fingerprint density at radius 3 is 2.85 bits per heavy atom. The lowest BCUT2D eigenvalue weighted by Gasteiger charge is -2.25. The topological polar surface area (TPSA) is 47.3 Å². The summed E-state index contributed by atoms with van der Waals surface area (Å²) in [4.78, 5) is 0. The molecule has 0 aromatic rings. The summed E-state index contributed by atoms with van der Waals surface area (Å²) in [6.45, 7) is 5.96. The molecular weight excluding hydrogens is 164 g/mol. The lowest BCUT2D eigenvalue weighted by atomic mass is 10.1. The molecule has 1 saturated heterocycles. The van der Waals surface area contributed by atoms with Gasteiger partial charge in [-0.3, -0.25) is 0 Å². The molecule has 0 radical (unpaired) electrons. The maximum absolute atomic E-state index is 5.71. The average Bonchev–Trinajstić information content (AvgIpc) is 2.66. The van der Waals surface area contributed by atoms with Crippen molar-refractivity contribution in [1.29, 1.82) is 0 Å². The molecule has 1 aliphatic rings. The summed E-state index contributed by atoms with van der Waals surface area (Å²) in [5, 5.41) is 3.51. The van der Waals surface area contributed by atoms with E-state index in [-0.39, 0.29) is 0 Å². The number of rotatable bonds is 5. The Labute approximate surface area is 81.0 Å². The molecular formula is C10H22N2O. The van der Waals surface area contributed by atoms with E-state index < -0.39 is 0 Å². The van der Waals surface area contributed by atoms with Crippen molar-refractivity contribution in [1.82, 2.24) is 5.32 Å². The fourth-order valence-electron chi connectivity index (χ4n) is 1.73. The fourth-order valence-corrected chi connectivity index (χ4v) is 1.73. The molecule has 13 heavy (non-hydrogen) atoms. The van der Waals surface area contributed by atoms with Gasteiger partial charge in [-0.1, -0.05) is 6.92 Å². The molecule has 0 amide bonds. The Bertz CT molecular complexity index is 135. The zero-order valence-corrected chi connectivity index (χ0v) is 8.75. The molecule has 1 rings (SSSR count). The van der Waals surface area contributed by atoms with Crippen molar-refractivity contribution in [3.63, 3.8) is 0 Å². The van der Waals surface area contributed by atoms with E-state index in [9.17, 15) is 0 Å². The molecule has 78 valence electrons. The molecule has 1 heterocycles. The van der Waals surface area contributed by atoms with Gasteiger partial charge in [-0.15, -0.1) is 0 Å². The van der Waals surface area contributed by atoms with Crippen LogP contribution in [0.3, 0.4) is 0 Å². The van der Waals surface area contributed by atoms with Crippen molar-refractivity contribution in [3.05, 3.63) is 0 Å². The molecule has 0 aromatic carbocycles. The van der Waals surface area contributed by atoms with Gasteiger partial charge in [-0.05, 0) is 26.2 Å². The van der Waals surface area contributed by atoms with Gasteiger partial charge in [0.2, 0.25) is 0 Å². The summed E-state index contributed by atoms with van der Waals surface area (Å²) in [5.41, 5.74) is 5.71. The van der Waals surface area contributed by atoms with Crippen LogP contribution in [-0.2, 0) is 4.74 Å². The minimum Gasteiger partial charge on any atom is -0.377 e. The minimum absolute atomic E-state index is 0.345. The van der Waals surface area contributed by atoms with Crippen LogP contribution >= 0.6 is 0 Å². The number of hydrogen-bond acceptors (Lipinski definition) is 3. The molecule has 3 nitrogen and oxygen atoms in total. The fraction of sp³-hybridized carbons (Fsp3) is 1.00. The van der Waals surface area contributed by atoms with Gasteiger partial charge in [-0.25, -0.2) is 0 Å². The zero-order valence-electron chi connectivity index (χ0n) is 8.75. The smallest absolute Gasteiger partial charge is 0.0741 e. The summed E-state index contributed by atoms with van der Waals surface area (Å²) < 4.78 is 5.61. The van der Waals surface area contributed by atoms with Crippen molar-refractivity contribution in [2.24, 2.45) is 5.73 Å². The first-order valence-electron chi connectivity index (χ1n) is 5.35. The maximum atomic E-state index is 5.71. The van der Waals surface area contributed by atoms with Gasteiger partial charge in [0.15, 0.2) is 0 Å². The molecule has 0 aromatic heterocycles. The van der Waals surface area contributed by atoms with Crippen LogP contribution in [0.1, 0.15) is 33.1 Å². The summed E-state index contributed by atoms with van der Waals surface area (Å²) in [5.74, 6) is 0. The van der Waals surface area contributed by atoms with E-state index in [2.05, 4.69) is 19.2 Å². The van der Waals surface area contributed by atoms with Crippen LogP contribution in [-0.4, -0.2) is 31.3 Å². The van der Waals surface area contributed by atoms with Gasteiger partial charge in [0, 0.05) is 25.2 Å². The standard InChI is InChI=1S/C10H22N2O/c1-3-8(2)12-9(7-11)10-5-4-6-13-10/h8-10,12H,3-7,11H2,1-2H3. The van der Waals surface area contributed by atoms with Crippen molar-refractivity contribution >= 4 is 0 Å². The first kappa shape index (κ1) is 11.0. The van der Waals surface area contributed by atoms with Crippen molar-refractivity contribution in [3.8, 4) is 0 Å².